The van der Waals surface area contributed by atoms with Gasteiger partial charge < -0.3 is 36.1 Å². The van der Waals surface area contributed by atoms with Gasteiger partial charge in [-0.2, -0.15) is 0 Å². The van der Waals surface area contributed by atoms with E-state index in [-0.39, 0.29) is 36.7 Å². The third-order valence-corrected chi connectivity index (χ3v) is 9.93. The number of anilines is 2. The van der Waals surface area contributed by atoms with E-state index >= 15 is 0 Å². The Labute approximate surface area is 313 Å². The number of hydrogen-bond donors (Lipinski definition) is 5. The van der Waals surface area contributed by atoms with Crippen LogP contribution in [0.2, 0.25) is 0 Å². The second-order valence-corrected chi connectivity index (χ2v) is 14.0. The molecule has 0 aromatic heterocycles. The maximum Gasteiger partial charge on any atom is 0.224 e. The zero-order chi connectivity index (χ0) is 37.6. The zero-order valence-electron chi connectivity index (χ0n) is 30.8. The van der Waals surface area contributed by atoms with E-state index in [1.807, 2.05) is 105 Å². The van der Waals surface area contributed by atoms with Crippen molar-refractivity contribution >= 4 is 23.2 Å². The van der Waals surface area contributed by atoms with E-state index in [0.29, 0.717) is 43.7 Å². The molecule has 4 aromatic carbocycles. The number of nitrogen functional groups attached to an aromatic ring is 1. The highest BCUT2D eigenvalue weighted by Gasteiger charge is 2.34. The summed E-state index contributed by atoms with van der Waals surface area (Å²) < 4.78 is 13.1. The van der Waals surface area contributed by atoms with Crippen LogP contribution in [0.5, 0.6) is 0 Å². The number of nitrogens with zero attached hydrogens (tertiary/aromatic N) is 1. The molecular weight excluding hydrogens is 668 g/mol. The molecule has 5 rings (SSSR count). The molecule has 0 saturated carbocycles. The number of benzene rings is 4. The molecule has 1 heterocycles. The monoisotopic (exact) mass is 722 g/mol. The Morgan fingerprint density at radius 3 is 2.11 bits per heavy atom. The highest BCUT2D eigenvalue weighted by Crippen LogP contribution is 2.38. The summed E-state index contributed by atoms with van der Waals surface area (Å²) in [5.41, 5.74) is 11.6. The average Bonchev–Trinajstić information content (AvgIpc) is 3.19. The Kier molecular flexibility index (Phi) is 15.0. The summed E-state index contributed by atoms with van der Waals surface area (Å²) in [6.07, 6.45) is 3.12. The number of amides is 2. The first kappa shape index (κ1) is 39.6. The van der Waals surface area contributed by atoms with E-state index in [9.17, 15) is 19.8 Å². The Balaban J connectivity index is 1.09. The number of nitrogens with one attached hydrogen (secondary N) is 2. The highest BCUT2D eigenvalue weighted by molar-refractivity contribution is 5.93. The van der Waals surface area contributed by atoms with E-state index in [0.717, 1.165) is 53.5 Å². The number of aliphatic hydroxyl groups excluding tert-OH is 2. The molecule has 1 fully saturated rings. The average molecular weight is 723 g/mol. The molecule has 0 aliphatic carbocycles. The topological polar surface area (TPSA) is 146 Å². The van der Waals surface area contributed by atoms with Gasteiger partial charge in [-0.15, -0.1) is 0 Å². The van der Waals surface area contributed by atoms with Gasteiger partial charge in [0.1, 0.15) is 0 Å². The zero-order valence-corrected chi connectivity index (χ0v) is 30.8. The van der Waals surface area contributed by atoms with Gasteiger partial charge in [0, 0.05) is 44.0 Å². The quantitative estimate of drug-likeness (QED) is 0.0548. The van der Waals surface area contributed by atoms with Crippen molar-refractivity contribution in [2.45, 2.75) is 95.7 Å². The first-order valence-electron chi connectivity index (χ1n) is 18.6. The van der Waals surface area contributed by atoms with Gasteiger partial charge >= 0.3 is 0 Å². The van der Waals surface area contributed by atoms with Crippen molar-refractivity contribution in [1.82, 2.24) is 10.2 Å². The van der Waals surface area contributed by atoms with Gasteiger partial charge in [0.15, 0.2) is 6.29 Å². The Morgan fingerprint density at radius 1 is 0.811 bits per heavy atom. The highest BCUT2D eigenvalue weighted by atomic mass is 16.7. The number of rotatable bonds is 18. The predicted octanol–water partition coefficient (Wildman–Crippen LogP) is 6.96. The van der Waals surface area contributed by atoms with Crippen molar-refractivity contribution in [3.05, 3.63) is 131 Å². The summed E-state index contributed by atoms with van der Waals surface area (Å²) in [4.78, 5) is 26.9. The molecule has 0 radical (unpaired) electrons. The first-order valence-corrected chi connectivity index (χ1v) is 18.6. The molecule has 1 saturated heterocycles. The van der Waals surface area contributed by atoms with Crippen molar-refractivity contribution in [2.75, 3.05) is 24.6 Å². The molecule has 0 bridgehead atoms. The van der Waals surface area contributed by atoms with Crippen LogP contribution in [0, 0.1) is 0 Å². The van der Waals surface area contributed by atoms with Crippen molar-refractivity contribution in [1.29, 1.82) is 0 Å². The molecule has 0 spiro atoms. The number of carbonyl (C=O) groups excluding carboxylic acids is 2. The van der Waals surface area contributed by atoms with Crippen LogP contribution < -0.4 is 16.4 Å². The predicted molar refractivity (Wildman–Crippen MR) is 207 cm³/mol. The Bertz CT molecular complexity index is 1720. The van der Waals surface area contributed by atoms with E-state index in [4.69, 9.17) is 15.2 Å². The van der Waals surface area contributed by atoms with Gasteiger partial charge in [-0.3, -0.25) is 14.5 Å². The normalized spacial score (nSPS) is 18.3. The van der Waals surface area contributed by atoms with Crippen LogP contribution >= 0.6 is 0 Å². The van der Waals surface area contributed by atoms with E-state index in [2.05, 4.69) is 15.5 Å². The number of hydrogen-bond acceptors (Lipinski definition) is 8. The standard InChI is InChI=1S/C43H54N4O6/c1-30(42(51)34-12-6-5-7-13-34)47(2)28-36-26-39(33-22-20-32(29-48)21-23-33)53-43(52-36)35-24-18-31(19-25-35)27-45-40(49)16-8-3-4-9-17-41(50)46-38-15-11-10-14-37(38)44/h5-7,10-15,18-25,30,36,39,42-43,48,51H,3-4,8-9,16-17,26-29,44H2,1-2H3,(H,45,49)(H,46,50). The number of carbonyl (C=O) groups is 2. The van der Waals surface area contributed by atoms with Gasteiger partial charge in [0.25, 0.3) is 0 Å². The lowest BCUT2D eigenvalue weighted by molar-refractivity contribution is -0.253. The van der Waals surface area contributed by atoms with Crippen LogP contribution in [0.25, 0.3) is 0 Å². The SMILES string of the molecule is CC(C(O)c1ccccc1)N(C)CC1CC(c2ccc(CO)cc2)OC(c2ccc(CNC(=O)CCCCCCC(=O)Nc3ccccc3N)cc2)O1. The summed E-state index contributed by atoms with van der Waals surface area (Å²) in [5, 5.41) is 26.5. The van der Waals surface area contributed by atoms with E-state index in [1.165, 1.54) is 0 Å². The molecule has 10 nitrogen and oxygen atoms in total. The molecule has 6 N–H and O–H groups in total. The van der Waals surface area contributed by atoms with Crippen LogP contribution in [-0.2, 0) is 32.2 Å². The summed E-state index contributed by atoms with van der Waals surface area (Å²) in [6.45, 7) is 3.01. The molecule has 282 valence electrons. The Hall–Kier alpha value is -4.58. The van der Waals surface area contributed by atoms with Crippen molar-refractivity contribution in [3.8, 4) is 0 Å². The summed E-state index contributed by atoms with van der Waals surface area (Å²) >= 11 is 0. The van der Waals surface area contributed by atoms with Crippen LogP contribution in [-0.4, -0.2) is 52.7 Å². The van der Waals surface area contributed by atoms with Crippen molar-refractivity contribution in [2.24, 2.45) is 0 Å². The van der Waals surface area contributed by atoms with E-state index in [1.54, 1.807) is 12.1 Å². The minimum atomic E-state index is -0.641. The minimum absolute atomic E-state index is 0.000972. The largest absolute Gasteiger partial charge is 0.397 e. The number of nitrogens with two attached hydrogens (primary N) is 1. The third-order valence-electron chi connectivity index (χ3n) is 9.93. The maximum absolute atomic E-state index is 12.6. The van der Waals surface area contributed by atoms with E-state index < -0.39 is 12.4 Å². The molecule has 4 aromatic rings. The van der Waals surface area contributed by atoms with Gasteiger partial charge in [0.05, 0.1) is 36.3 Å². The van der Waals surface area contributed by atoms with Crippen LogP contribution in [0.4, 0.5) is 11.4 Å². The fraction of sp³-hybridized carbons (Fsp3) is 0.395. The lowest BCUT2D eigenvalue weighted by Crippen LogP contribution is -2.43. The second-order valence-electron chi connectivity index (χ2n) is 14.0. The van der Waals surface area contributed by atoms with Gasteiger partial charge in [-0.25, -0.2) is 0 Å². The summed E-state index contributed by atoms with van der Waals surface area (Å²) in [6, 6.07) is 32.5. The number of para-hydroxylation sites is 2. The lowest BCUT2D eigenvalue weighted by Gasteiger charge is -2.39. The van der Waals surface area contributed by atoms with Gasteiger partial charge in [-0.1, -0.05) is 104 Å². The van der Waals surface area contributed by atoms with Crippen molar-refractivity contribution < 1.29 is 29.3 Å². The van der Waals surface area contributed by atoms with Gasteiger partial charge in [0.2, 0.25) is 11.8 Å². The molecule has 1 aliphatic heterocycles. The summed E-state index contributed by atoms with van der Waals surface area (Å²) in [5.74, 6) is -0.0575. The summed E-state index contributed by atoms with van der Waals surface area (Å²) in [7, 11) is 2.00. The van der Waals surface area contributed by atoms with Crippen LogP contribution in [0.15, 0.2) is 103 Å². The lowest BCUT2D eigenvalue weighted by atomic mass is 9.98. The minimum Gasteiger partial charge on any atom is -0.397 e. The fourth-order valence-corrected chi connectivity index (χ4v) is 6.52. The number of likely N-dealkylation sites (N-methyl/N-ethyl adjacent to an activating group) is 1. The number of ether oxygens (including phenoxy) is 2. The molecule has 5 unspecified atom stereocenters. The Morgan fingerprint density at radius 2 is 1.43 bits per heavy atom. The van der Waals surface area contributed by atoms with Crippen LogP contribution in [0.1, 0.15) is 98.2 Å². The van der Waals surface area contributed by atoms with Gasteiger partial charge in [-0.05, 0) is 61.2 Å². The second kappa shape index (κ2) is 20.0. The van der Waals surface area contributed by atoms with Crippen molar-refractivity contribution in [3.63, 3.8) is 0 Å². The molecule has 10 heteroatoms. The van der Waals surface area contributed by atoms with Crippen LogP contribution in [0.3, 0.4) is 0 Å². The third kappa shape index (κ3) is 12.0. The first-order chi connectivity index (χ1) is 25.7. The molecule has 53 heavy (non-hydrogen) atoms. The smallest absolute Gasteiger partial charge is 0.224 e. The number of aliphatic hydroxyl groups is 2. The fourth-order valence-electron chi connectivity index (χ4n) is 6.52. The maximum atomic E-state index is 12.6. The molecule has 2 amide bonds. The molecule has 5 atom stereocenters. The number of unbranched alkanes of at least 4 members (excludes halogenated alkanes) is 3. The molecular formula is C43H54N4O6. The molecule has 1 aliphatic rings.